The summed E-state index contributed by atoms with van der Waals surface area (Å²) >= 11 is 3.18. The number of hydrogen-bond acceptors (Lipinski definition) is 3. The van der Waals surface area contributed by atoms with E-state index in [1.54, 1.807) is 20.3 Å². The predicted molar refractivity (Wildman–Crippen MR) is 85.7 cm³/mol. The van der Waals surface area contributed by atoms with E-state index in [2.05, 4.69) is 21.2 Å². The Balaban J connectivity index is 2.18. The normalized spacial score (nSPS) is 10.3. The van der Waals surface area contributed by atoms with E-state index < -0.39 is 0 Å². The molecule has 0 heterocycles. The molecule has 0 atom stereocenters. The van der Waals surface area contributed by atoms with Gasteiger partial charge < -0.3 is 14.8 Å². The lowest BCUT2D eigenvalue weighted by Crippen LogP contribution is -2.04. The van der Waals surface area contributed by atoms with Crippen molar-refractivity contribution in [1.29, 1.82) is 0 Å². The van der Waals surface area contributed by atoms with Gasteiger partial charge in [-0.2, -0.15) is 0 Å². The summed E-state index contributed by atoms with van der Waals surface area (Å²) in [5.74, 6) is 1.18. The molecule has 0 aliphatic rings. The van der Waals surface area contributed by atoms with Crippen molar-refractivity contribution in [3.63, 3.8) is 0 Å². The number of rotatable bonds is 5. The SMILES string of the molecule is COc1ccc(CNc2cc(F)c(Br)cc2C)c(OC)c1. The molecule has 0 aromatic heterocycles. The standard InChI is InChI=1S/C16H17BrFNO2/c1-10-6-13(17)14(18)8-15(10)19-9-11-4-5-12(20-2)7-16(11)21-3/h4-8,19H,9H2,1-3H3. The largest absolute Gasteiger partial charge is 0.497 e. The molecule has 2 aromatic carbocycles. The molecule has 21 heavy (non-hydrogen) atoms. The van der Waals surface area contributed by atoms with Crippen LogP contribution in [0.3, 0.4) is 0 Å². The lowest BCUT2D eigenvalue weighted by molar-refractivity contribution is 0.391. The maximum atomic E-state index is 13.6. The maximum absolute atomic E-state index is 13.6. The fourth-order valence-electron chi connectivity index (χ4n) is 2.03. The summed E-state index contributed by atoms with van der Waals surface area (Å²) in [4.78, 5) is 0. The van der Waals surface area contributed by atoms with Gasteiger partial charge in [0, 0.05) is 23.9 Å². The molecule has 0 aliphatic carbocycles. The van der Waals surface area contributed by atoms with Crippen LogP contribution >= 0.6 is 15.9 Å². The first-order valence-corrected chi connectivity index (χ1v) is 7.25. The average molecular weight is 354 g/mol. The zero-order chi connectivity index (χ0) is 15.4. The first kappa shape index (κ1) is 15.6. The third-order valence-corrected chi connectivity index (χ3v) is 3.84. The van der Waals surface area contributed by atoms with Gasteiger partial charge in [-0.25, -0.2) is 4.39 Å². The zero-order valence-electron chi connectivity index (χ0n) is 12.2. The van der Waals surface area contributed by atoms with Gasteiger partial charge in [-0.05, 0) is 52.7 Å². The lowest BCUT2D eigenvalue weighted by atomic mass is 10.1. The smallest absolute Gasteiger partial charge is 0.139 e. The quantitative estimate of drug-likeness (QED) is 0.856. The second-order valence-electron chi connectivity index (χ2n) is 4.61. The van der Waals surface area contributed by atoms with Crippen LogP contribution in [-0.4, -0.2) is 14.2 Å². The van der Waals surface area contributed by atoms with Crippen molar-refractivity contribution in [2.75, 3.05) is 19.5 Å². The molecule has 0 spiro atoms. The number of benzene rings is 2. The average Bonchev–Trinajstić information content (AvgIpc) is 2.49. The van der Waals surface area contributed by atoms with Crippen LogP contribution in [0.5, 0.6) is 11.5 Å². The fourth-order valence-corrected chi connectivity index (χ4v) is 2.48. The van der Waals surface area contributed by atoms with E-state index in [0.717, 1.165) is 28.3 Å². The molecule has 3 nitrogen and oxygen atoms in total. The first-order chi connectivity index (χ1) is 10.0. The van der Waals surface area contributed by atoms with Crippen LogP contribution in [-0.2, 0) is 6.54 Å². The minimum Gasteiger partial charge on any atom is -0.497 e. The number of aryl methyl sites for hydroxylation is 1. The van der Waals surface area contributed by atoms with E-state index in [-0.39, 0.29) is 5.82 Å². The molecular weight excluding hydrogens is 337 g/mol. The molecular formula is C16H17BrFNO2. The highest BCUT2D eigenvalue weighted by atomic mass is 79.9. The third-order valence-electron chi connectivity index (χ3n) is 3.23. The van der Waals surface area contributed by atoms with Crippen molar-refractivity contribution in [3.05, 3.63) is 51.7 Å². The van der Waals surface area contributed by atoms with Gasteiger partial charge >= 0.3 is 0 Å². The van der Waals surface area contributed by atoms with E-state index in [0.29, 0.717) is 11.0 Å². The van der Waals surface area contributed by atoms with Gasteiger partial charge in [0.25, 0.3) is 0 Å². The number of nitrogens with one attached hydrogen (secondary N) is 1. The molecule has 0 radical (unpaired) electrons. The van der Waals surface area contributed by atoms with Gasteiger partial charge in [-0.15, -0.1) is 0 Å². The molecule has 0 unspecified atom stereocenters. The summed E-state index contributed by atoms with van der Waals surface area (Å²) in [5, 5.41) is 3.23. The summed E-state index contributed by atoms with van der Waals surface area (Å²) in [5.41, 5.74) is 2.70. The van der Waals surface area contributed by atoms with Crippen molar-refractivity contribution in [2.24, 2.45) is 0 Å². The Morgan fingerprint density at radius 3 is 2.57 bits per heavy atom. The topological polar surface area (TPSA) is 30.5 Å². The van der Waals surface area contributed by atoms with Crippen LogP contribution in [0, 0.1) is 12.7 Å². The minimum atomic E-state index is -0.287. The lowest BCUT2D eigenvalue weighted by Gasteiger charge is -2.14. The van der Waals surface area contributed by atoms with Gasteiger partial charge in [-0.1, -0.05) is 0 Å². The molecule has 0 aliphatic heterocycles. The monoisotopic (exact) mass is 353 g/mol. The number of hydrogen-bond donors (Lipinski definition) is 1. The maximum Gasteiger partial charge on any atom is 0.139 e. The van der Waals surface area contributed by atoms with Crippen LogP contribution in [0.25, 0.3) is 0 Å². The van der Waals surface area contributed by atoms with Gasteiger partial charge in [0.05, 0.1) is 18.7 Å². The summed E-state index contributed by atoms with van der Waals surface area (Å²) in [7, 11) is 3.23. The van der Waals surface area contributed by atoms with Crippen molar-refractivity contribution < 1.29 is 13.9 Å². The predicted octanol–water partition coefficient (Wildman–Crippen LogP) is 4.53. The van der Waals surface area contributed by atoms with Crippen molar-refractivity contribution >= 4 is 21.6 Å². The molecule has 0 amide bonds. The number of halogens is 2. The highest BCUT2D eigenvalue weighted by Gasteiger charge is 2.08. The Morgan fingerprint density at radius 1 is 1.14 bits per heavy atom. The minimum absolute atomic E-state index is 0.287. The fraction of sp³-hybridized carbons (Fsp3) is 0.250. The van der Waals surface area contributed by atoms with Crippen molar-refractivity contribution in [1.82, 2.24) is 0 Å². The molecule has 112 valence electrons. The summed E-state index contributed by atoms with van der Waals surface area (Å²) in [6.07, 6.45) is 0. The third kappa shape index (κ3) is 3.67. The summed E-state index contributed by atoms with van der Waals surface area (Å²) < 4.78 is 24.6. The second kappa shape index (κ2) is 6.80. The Morgan fingerprint density at radius 2 is 1.90 bits per heavy atom. The number of methoxy groups -OCH3 is 2. The highest BCUT2D eigenvalue weighted by molar-refractivity contribution is 9.10. The Hall–Kier alpha value is -1.75. The van der Waals surface area contributed by atoms with Crippen molar-refractivity contribution in [2.45, 2.75) is 13.5 Å². The Kier molecular flexibility index (Phi) is 5.07. The molecule has 0 fully saturated rings. The molecule has 0 saturated carbocycles. The molecule has 0 bridgehead atoms. The van der Waals surface area contributed by atoms with Gasteiger partial charge in [-0.3, -0.25) is 0 Å². The van der Waals surface area contributed by atoms with E-state index in [4.69, 9.17) is 9.47 Å². The second-order valence-corrected chi connectivity index (χ2v) is 5.47. The van der Waals surface area contributed by atoms with Gasteiger partial charge in [0.1, 0.15) is 17.3 Å². The Bertz CT molecular complexity index is 646. The summed E-state index contributed by atoms with van der Waals surface area (Å²) in [6, 6.07) is 8.86. The van der Waals surface area contributed by atoms with E-state index in [1.165, 1.54) is 6.07 Å². The van der Waals surface area contributed by atoms with Crippen LogP contribution in [0.1, 0.15) is 11.1 Å². The van der Waals surface area contributed by atoms with Gasteiger partial charge in [0.15, 0.2) is 0 Å². The molecule has 5 heteroatoms. The molecule has 1 N–H and O–H groups in total. The molecule has 2 aromatic rings. The Labute approximate surface area is 132 Å². The van der Waals surface area contributed by atoms with Crippen LogP contribution in [0.2, 0.25) is 0 Å². The van der Waals surface area contributed by atoms with Crippen LogP contribution in [0.4, 0.5) is 10.1 Å². The van der Waals surface area contributed by atoms with Crippen LogP contribution in [0.15, 0.2) is 34.8 Å². The van der Waals surface area contributed by atoms with Gasteiger partial charge in [0.2, 0.25) is 0 Å². The number of ether oxygens (including phenoxy) is 2. The van der Waals surface area contributed by atoms with E-state index in [1.807, 2.05) is 25.1 Å². The highest BCUT2D eigenvalue weighted by Crippen LogP contribution is 2.27. The zero-order valence-corrected chi connectivity index (χ0v) is 13.8. The first-order valence-electron chi connectivity index (χ1n) is 6.45. The molecule has 2 rings (SSSR count). The van der Waals surface area contributed by atoms with Crippen LogP contribution < -0.4 is 14.8 Å². The van der Waals surface area contributed by atoms with E-state index in [9.17, 15) is 4.39 Å². The number of anilines is 1. The van der Waals surface area contributed by atoms with E-state index >= 15 is 0 Å². The summed E-state index contributed by atoms with van der Waals surface area (Å²) in [6.45, 7) is 2.47. The van der Waals surface area contributed by atoms with Crippen molar-refractivity contribution in [3.8, 4) is 11.5 Å². The molecule has 0 saturated heterocycles.